The van der Waals surface area contributed by atoms with Crippen LogP contribution in [0.5, 0.6) is 5.75 Å². The molecule has 0 aliphatic rings. The van der Waals surface area contributed by atoms with Crippen LogP contribution in [0.2, 0.25) is 0 Å². The molecule has 1 aromatic carbocycles. The Labute approximate surface area is 106 Å². The van der Waals surface area contributed by atoms with Crippen molar-refractivity contribution in [2.24, 2.45) is 15.9 Å². The number of benzene rings is 1. The van der Waals surface area contributed by atoms with Crippen LogP contribution in [0.1, 0.15) is 18.9 Å². The maximum Gasteiger partial charge on any atom is 0.180 e. The molecule has 0 bridgehead atoms. The third-order valence-electron chi connectivity index (χ3n) is 1.90. The normalized spacial score (nSPS) is 12.0. The molecule has 17 heavy (non-hydrogen) atoms. The first-order chi connectivity index (χ1) is 8.26. The van der Waals surface area contributed by atoms with Gasteiger partial charge >= 0.3 is 0 Å². The van der Waals surface area contributed by atoms with Crippen LogP contribution in [-0.2, 0) is 0 Å². The third kappa shape index (κ3) is 5.40. The number of nitrogens with two attached hydrogens (primary N) is 1. The zero-order chi connectivity index (χ0) is 12.5. The smallest absolute Gasteiger partial charge is 0.180 e. The Kier molecular flexibility index (Phi) is 6.17. The summed E-state index contributed by atoms with van der Waals surface area (Å²) in [7, 11) is 0. The van der Waals surface area contributed by atoms with Gasteiger partial charge < -0.3 is 10.5 Å². The van der Waals surface area contributed by atoms with E-state index in [1.54, 1.807) is 6.21 Å². The Morgan fingerprint density at radius 3 is 3.06 bits per heavy atom. The molecular weight excluding hydrogens is 234 g/mol. The van der Waals surface area contributed by atoms with Crippen LogP contribution >= 0.6 is 11.8 Å². The minimum atomic E-state index is 0.444. The summed E-state index contributed by atoms with van der Waals surface area (Å²) < 4.78 is 5.52. The van der Waals surface area contributed by atoms with Crippen LogP contribution in [-0.4, -0.2) is 24.2 Å². The predicted octanol–water partition coefficient (Wildman–Crippen LogP) is 2.49. The van der Waals surface area contributed by atoms with E-state index in [0.29, 0.717) is 5.17 Å². The first kappa shape index (κ1) is 13.6. The van der Waals surface area contributed by atoms with E-state index in [4.69, 9.17) is 10.5 Å². The van der Waals surface area contributed by atoms with Gasteiger partial charge in [0.25, 0.3) is 0 Å². The Hall–Kier alpha value is -1.49. The summed E-state index contributed by atoms with van der Waals surface area (Å²) >= 11 is 1.36. The SMILES string of the molecule is CCCOc1cccc(/C=N\N=C(/N)SC)c1. The molecule has 0 radical (unpaired) electrons. The molecule has 0 atom stereocenters. The Bertz CT molecular complexity index is 404. The summed E-state index contributed by atoms with van der Waals surface area (Å²) in [6.07, 6.45) is 4.50. The Morgan fingerprint density at radius 2 is 2.35 bits per heavy atom. The van der Waals surface area contributed by atoms with E-state index >= 15 is 0 Å². The number of ether oxygens (including phenoxy) is 1. The van der Waals surface area contributed by atoms with Crippen molar-refractivity contribution in [3.63, 3.8) is 0 Å². The summed E-state index contributed by atoms with van der Waals surface area (Å²) in [5.41, 5.74) is 6.45. The van der Waals surface area contributed by atoms with E-state index in [2.05, 4.69) is 17.1 Å². The molecule has 1 aromatic rings. The van der Waals surface area contributed by atoms with Crippen molar-refractivity contribution in [2.45, 2.75) is 13.3 Å². The van der Waals surface area contributed by atoms with Gasteiger partial charge in [0.2, 0.25) is 0 Å². The van der Waals surface area contributed by atoms with E-state index in [9.17, 15) is 0 Å². The molecule has 1 rings (SSSR count). The average Bonchev–Trinajstić information content (AvgIpc) is 2.36. The zero-order valence-electron chi connectivity index (χ0n) is 10.1. The van der Waals surface area contributed by atoms with Crippen LogP contribution in [0.25, 0.3) is 0 Å². The molecule has 0 unspecified atom stereocenters. The number of nitrogens with zero attached hydrogens (tertiary/aromatic N) is 2. The minimum Gasteiger partial charge on any atom is -0.494 e. The maximum atomic E-state index is 5.52. The maximum absolute atomic E-state index is 5.52. The van der Waals surface area contributed by atoms with Crippen molar-refractivity contribution < 1.29 is 4.74 Å². The first-order valence-corrected chi connectivity index (χ1v) is 6.62. The lowest BCUT2D eigenvalue weighted by Crippen LogP contribution is -2.03. The molecule has 0 spiro atoms. The van der Waals surface area contributed by atoms with E-state index in [-0.39, 0.29) is 0 Å². The third-order valence-corrected chi connectivity index (χ3v) is 2.40. The van der Waals surface area contributed by atoms with Crippen LogP contribution in [0.15, 0.2) is 34.5 Å². The van der Waals surface area contributed by atoms with E-state index in [1.165, 1.54) is 11.8 Å². The second-order valence-electron chi connectivity index (χ2n) is 3.31. The molecule has 0 fully saturated rings. The number of rotatable bonds is 5. The monoisotopic (exact) mass is 251 g/mol. The molecule has 0 heterocycles. The quantitative estimate of drug-likeness (QED) is 0.497. The van der Waals surface area contributed by atoms with Crippen molar-refractivity contribution >= 4 is 23.1 Å². The van der Waals surface area contributed by atoms with Crippen molar-refractivity contribution in [3.05, 3.63) is 29.8 Å². The van der Waals surface area contributed by atoms with E-state index in [0.717, 1.165) is 24.3 Å². The highest BCUT2D eigenvalue weighted by atomic mass is 32.2. The summed E-state index contributed by atoms with van der Waals surface area (Å²) in [5.74, 6) is 0.845. The lowest BCUT2D eigenvalue weighted by Gasteiger charge is -2.04. The number of hydrogen-bond donors (Lipinski definition) is 1. The van der Waals surface area contributed by atoms with E-state index in [1.807, 2.05) is 30.5 Å². The second-order valence-corrected chi connectivity index (χ2v) is 4.13. The van der Waals surface area contributed by atoms with Gasteiger partial charge in [0.15, 0.2) is 5.17 Å². The molecule has 0 saturated heterocycles. The second kappa shape index (κ2) is 7.73. The number of amidine groups is 1. The van der Waals surface area contributed by atoms with Gasteiger partial charge in [-0.2, -0.15) is 5.10 Å². The molecule has 0 amide bonds. The van der Waals surface area contributed by atoms with E-state index < -0.39 is 0 Å². The molecule has 2 N–H and O–H groups in total. The fourth-order valence-corrected chi connectivity index (χ4v) is 1.23. The van der Waals surface area contributed by atoms with Crippen LogP contribution < -0.4 is 10.5 Å². The summed E-state index contributed by atoms with van der Waals surface area (Å²) in [6.45, 7) is 2.80. The van der Waals surface area contributed by atoms with Gasteiger partial charge in [-0.3, -0.25) is 0 Å². The Morgan fingerprint density at radius 1 is 1.53 bits per heavy atom. The summed E-state index contributed by atoms with van der Waals surface area (Å²) in [6, 6.07) is 7.71. The fraction of sp³-hybridized carbons (Fsp3) is 0.333. The molecule has 92 valence electrons. The lowest BCUT2D eigenvalue weighted by molar-refractivity contribution is 0.317. The highest BCUT2D eigenvalue weighted by Crippen LogP contribution is 2.12. The fourth-order valence-electron chi connectivity index (χ4n) is 1.10. The van der Waals surface area contributed by atoms with Gasteiger partial charge in [-0.15, -0.1) is 5.10 Å². The van der Waals surface area contributed by atoms with Crippen molar-refractivity contribution in [2.75, 3.05) is 12.9 Å². The topological polar surface area (TPSA) is 60.0 Å². The van der Waals surface area contributed by atoms with Crippen LogP contribution in [0.4, 0.5) is 0 Å². The van der Waals surface area contributed by atoms with Crippen molar-refractivity contribution in [1.29, 1.82) is 0 Å². The van der Waals surface area contributed by atoms with Crippen molar-refractivity contribution in [3.8, 4) is 5.75 Å². The van der Waals surface area contributed by atoms with Gasteiger partial charge in [0.1, 0.15) is 5.75 Å². The highest BCUT2D eigenvalue weighted by molar-refractivity contribution is 8.13. The molecule has 5 heteroatoms. The van der Waals surface area contributed by atoms with Crippen LogP contribution in [0.3, 0.4) is 0 Å². The molecular formula is C12H17N3OS. The summed E-state index contributed by atoms with van der Waals surface area (Å²) in [5, 5.41) is 8.16. The van der Waals surface area contributed by atoms with Gasteiger partial charge in [-0.1, -0.05) is 30.8 Å². The van der Waals surface area contributed by atoms with Gasteiger partial charge in [-0.25, -0.2) is 0 Å². The molecule has 0 saturated carbocycles. The summed E-state index contributed by atoms with van der Waals surface area (Å²) in [4.78, 5) is 0. The van der Waals surface area contributed by atoms with Crippen molar-refractivity contribution in [1.82, 2.24) is 0 Å². The molecule has 0 aliphatic heterocycles. The standard InChI is InChI=1S/C12H17N3OS/c1-3-7-16-11-6-4-5-10(8-11)9-14-15-12(13)17-2/h4-6,8-9H,3,7H2,1-2H3,(H2,13,15)/b14-9-. The lowest BCUT2D eigenvalue weighted by atomic mass is 10.2. The van der Waals surface area contributed by atoms with Crippen LogP contribution in [0, 0.1) is 0 Å². The molecule has 0 aliphatic carbocycles. The Balaban J connectivity index is 2.65. The minimum absolute atomic E-state index is 0.444. The largest absolute Gasteiger partial charge is 0.494 e. The molecule has 4 nitrogen and oxygen atoms in total. The first-order valence-electron chi connectivity index (χ1n) is 5.39. The van der Waals surface area contributed by atoms with Gasteiger partial charge in [0, 0.05) is 0 Å². The molecule has 0 aromatic heterocycles. The zero-order valence-corrected chi connectivity index (χ0v) is 10.9. The number of hydrogen-bond acceptors (Lipinski definition) is 4. The predicted molar refractivity (Wildman–Crippen MR) is 75.0 cm³/mol. The van der Waals surface area contributed by atoms with Gasteiger partial charge in [-0.05, 0) is 30.4 Å². The number of thioether (sulfide) groups is 1. The van der Waals surface area contributed by atoms with Gasteiger partial charge in [0.05, 0.1) is 12.8 Å². The highest BCUT2D eigenvalue weighted by Gasteiger charge is 1.94. The average molecular weight is 251 g/mol.